The molecule has 2 aromatic rings. The first kappa shape index (κ1) is 16.7. The van der Waals surface area contributed by atoms with Crippen molar-refractivity contribution in [1.29, 1.82) is 5.26 Å². The highest BCUT2D eigenvalue weighted by Gasteiger charge is 2.14. The summed E-state index contributed by atoms with van der Waals surface area (Å²) in [5, 5.41) is 9.14. The van der Waals surface area contributed by atoms with E-state index in [0.29, 0.717) is 24.4 Å². The lowest BCUT2D eigenvalue weighted by molar-refractivity contribution is -0.123. The second kappa shape index (κ2) is 7.64. The maximum Gasteiger partial charge on any atom is 0.330 e. The van der Waals surface area contributed by atoms with E-state index in [1.807, 2.05) is 24.3 Å². The molecule has 6 nitrogen and oxygen atoms in total. The topological polar surface area (TPSA) is 85.6 Å². The van der Waals surface area contributed by atoms with Gasteiger partial charge in [-0.3, -0.25) is 4.79 Å². The molecule has 3 rings (SSSR count). The second-order valence-corrected chi connectivity index (χ2v) is 5.36. The molecule has 0 aromatic heterocycles. The molecule has 0 spiro atoms. The summed E-state index contributed by atoms with van der Waals surface area (Å²) in [5.41, 5.74) is 2.33. The molecule has 123 valence electrons. The fourth-order valence-electron chi connectivity index (χ4n) is 2.33. The summed E-state index contributed by atoms with van der Waals surface area (Å²) in [6.45, 7) is 0.232. The van der Waals surface area contributed by atoms with Crippen molar-refractivity contribution in [3.05, 3.63) is 47.5 Å². The molecule has 1 radical (unpaired) electrons. The van der Waals surface area contributed by atoms with Gasteiger partial charge in [0.05, 0.1) is 18.6 Å². The van der Waals surface area contributed by atoms with Gasteiger partial charge in [-0.15, -0.1) is 0 Å². The van der Waals surface area contributed by atoms with Crippen molar-refractivity contribution in [3.63, 3.8) is 0 Å². The summed E-state index contributed by atoms with van der Waals surface area (Å²) in [4.78, 5) is 21.7. The maximum atomic E-state index is 11.4. The van der Waals surface area contributed by atoms with Crippen LogP contribution in [0.15, 0.2) is 36.4 Å². The van der Waals surface area contributed by atoms with Gasteiger partial charge in [0.2, 0.25) is 0 Å². The van der Waals surface area contributed by atoms with Crippen LogP contribution in [0.5, 0.6) is 17.2 Å². The van der Waals surface area contributed by atoms with Gasteiger partial charge in [-0.05, 0) is 35.3 Å². The minimum Gasteiger partial charge on any atom is -0.484 e. The standard InChI is InChI=1S/C18H13BNO5/c20-9-12-1-2-16(8-18(12)23-11-14(22)5-6-21)25-15-3-4-17-13(7-15)10-24-19-17/h1-4,6-8H,5,10-11H2. The number of hydrogen-bond donors (Lipinski definition) is 0. The Kier molecular flexibility index (Phi) is 5.12. The number of ether oxygens (including phenoxy) is 2. The Balaban J connectivity index is 1.76. The Morgan fingerprint density at radius 3 is 2.88 bits per heavy atom. The van der Waals surface area contributed by atoms with Crippen LogP contribution in [0, 0.1) is 11.3 Å². The number of aldehydes is 1. The zero-order valence-corrected chi connectivity index (χ0v) is 13.2. The summed E-state index contributed by atoms with van der Waals surface area (Å²) in [6, 6.07) is 12.3. The largest absolute Gasteiger partial charge is 0.484 e. The van der Waals surface area contributed by atoms with Gasteiger partial charge in [-0.25, -0.2) is 0 Å². The van der Waals surface area contributed by atoms with Gasteiger partial charge in [-0.2, -0.15) is 5.26 Å². The highest BCUT2D eigenvalue weighted by atomic mass is 16.5. The number of rotatable bonds is 7. The zero-order valence-electron chi connectivity index (χ0n) is 13.2. The van der Waals surface area contributed by atoms with Crippen LogP contribution >= 0.6 is 0 Å². The predicted octanol–water partition coefficient (Wildman–Crippen LogP) is 1.66. The van der Waals surface area contributed by atoms with Crippen LogP contribution in [0.4, 0.5) is 0 Å². The summed E-state index contributed by atoms with van der Waals surface area (Å²) in [5.74, 6) is 0.974. The van der Waals surface area contributed by atoms with Crippen LogP contribution in [0.1, 0.15) is 17.5 Å². The van der Waals surface area contributed by atoms with E-state index in [2.05, 4.69) is 0 Å². The average Bonchev–Trinajstić information content (AvgIpc) is 3.08. The van der Waals surface area contributed by atoms with Crippen molar-refractivity contribution in [2.75, 3.05) is 6.61 Å². The molecule has 0 fully saturated rings. The molecule has 1 aliphatic rings. The minimum atomic E-state index is -0.361. The second-order valence-electron chi connectivity index (χ2n) is 5.36. The molecule has 1 heterocycles. The predicted molar refractivity (Wildman–Crippen MR) is 89.0 cm³/mol. The molecule has 0 unspecified atom stereocenters. The molecule has 0 saturated heterocycles. The Labute approximate surface area is 145 Å². The van der Waals surface area contributed by atoms with Gasteiger partial charge >= 0.3 is 7.48 Å². The lowest BCUT2D eigenvalue weighted by Gasteiger charge is -2.11. The molecule has 0 saturated carbocycles. The van der Waals surface area contributed by atoms with Crippen LogP contribution < -0.4 is 14.9 Å². The number of ketones is 1. The third kappa shape index (κ3) is 4.05. The van der Waals surface area contributed by atoms with Crippen LogP contribution in [0.25, 0.3) is 0 Å². The van der Waals surface area contributed by atoms with Gasteiger partial charge in [-0.1, -0.05) is 6.07 Å². The Morgan fingerprint density at radius 2 is 2.08 bits per heavy atom. The van der Waals surface area contributed by atoms with Crippen LogP contribution in [-0.4, -0.2) is 26.2 Å². The van der Waals surface area contributed by atoms with Crippen LogP contribution in [-0.2, 0) is 20.9 Å². The summed E-state index contributed by atoms with van der Waals surface area (Å²) in [6.07, 6.45) is 0.303. The van der Waals surface area contributed by atoms with E-state index < -0.39 is 0 Å². The molecule has 0 bridgehead atoms. The summed E-state index contributed by atoms with van der Waals surface area (Å²) in [7, 11) is 1.70. The number of nitriles is 1. The van der Waals surface area contributed by atoms with Crippen molar-refractivity contribution >= 4 is 25.0 Å². The van der Waals surface area contributed by atoms with Crippen molar-refractivity contribution in [2.45, 2.75) is 13.0 Å². The van der Waals surface area contributed by atoms with Crippen molar-refractivity contribution < 1.29 is 23.7 Å². The van der Waals surface area contributed by atoms with E-state index in [-0.39, 0.29) is 30.1 Å². The number of hydrogen-bond acceptors (Lipinski definition) is 6. The van der Waals surface area contributed by atoms with Crippen molar-refractivity contribution in [2.24, 2.45) is 0 Å². The number of benzene rings is 2. The smallest absolute Gasteiger partial charge is 0.330 e. The lowest BCUT2D eigenvalue weighted by atomic mass is 9.87. The fraction of sp³-hybridized carbons (Fsp3) is 0.167. The molecule has 2 aromatic carbocycles. The third-order valence-corrected chi connectivity index (χ3v) is 3.57. The molecular formula is C18H13BNO5. The quantitative estimate of drug-likeness (QED) is 0.435. The van der Waals surface area contributed by atoms with Gasteiger partial charge in [0, 0.05) is 6.07 Å². The molecule has 0 amide bonds. The zero-order chi connectivity index (χ0) is 17.6. The van der Waals surface area contributed by atoms with Gasteiger partial charge < -0.3 is 18.9 Å². The molecule has 0 N–H and O–H groups in total. The number of nitrogens with zero attached hydrogens (tertiary/aromatic N) is 1. The minimum absolute atomic E-state index is 0.216. The lowest BCUT2D eigenvalue weighted by Crippen LogP contribution is -2.12. The van der Waals surface area contributed by atoms with Gasteiger partial charge in [0.25, 0.3) is 0 Å². The first-order chi connectivity index (χ1) is 12.2. The van der Waals surface area contributed by atoms with E-state index in [4.69, 9.17) is 19.4 Å². The highest BCUT2D eigenvalue weighted by molar-refractivity contribution is 6.48. The first-order valence-corrected chi connectivity index (χ1v) is 7.57. The molecule has 0 atom stereocenters. The fourth-order valence-corrected chi connectivity index (χ4v) is 2.33. The van der Waals surface area contributed by atoms with E-state index >= 15 is 0 Å². The number of carbonyl (C=O) groups excluding carboxylic acids is 2. The van der Waals surface area contributed by atoms with Crippen molar-refractivity contribution in [1.82, 2.24) is 0 Å². The summed E-state index contributed by atoms with van der Waals surface area (Å²) >= 11 is 0. The van der Waals surface area contributed by atoms with Crippen LogP contribution in [0.2, 0.25) is 0 Å². The highest BCUT2D eigenvalue weighted by Crippen LogP contribution is 2.29. The SMILES string of the molecule is N#Cc1ccc(Oc2ccc3c(c2)CO[B]3)cc1OCC(=O)CC=O. The number of fused-ring (bicyclic) bond motifs is 1. The maximum absolute atomic E-state index is 11.4. The van der Waals surface area contributed by atoms with Crippen molar-refractivity contribution in [3.8, 4) is 23.3 Å². The van der Waals surface area contributed by atoms with E-state index in [9.17, 15) is 9.59 Å². The number of Topliss-reactive ketones (excluding diaryl/α,β-unsaturated/α-hetero) is 1. The molecular weight excluding hydrogens is 321 g/mol. The van der Waals surface area contributed by atoms with E-state index in [1.165, 1.54) is 0 Å². The molecule has 25 heavy (non-hydrogen) atoms. The molecule has 7 heteroatoms. The van der Waals surface area contributed by atoms with Gasteiger partial charge in [0.15, 0.2) is 5.78 Å². The number of carbonyl (C=O) groups is 2. The average molecular weight is 334 g/mol. The van der Waals surface area contributed by atoms with Crippen LogP contribution in [0.3, 0.4) is 0 Å². The van der Waals surface area contributed by atoms with E-state index in [1.54, 1.807) is 25.7 Å². The third-order valence-electron chi connectivity index (χ3n) is 3.57. The first-order valence-electron chi connectivity index (χ1n) is 7.57. The Bertz CT molecular complexity index is 859. The van der Waals surface area contributed by atoms with E-state index in [0.717, 1.165) is 11.0 Å². The Hall–Kier alpha value is -3.11. The normalized spacial score (nSPS) is 11.8. The molecule has 0 aliphatic carbocycles. The Morgan fingerprint density at radius 1 is 1.28 bits per heavy atom. The summed E-state index contributed by atoms with van der Waals surface area (Å²) < 4.78 is 16.4. The van der Waals surface area contributed by atoms with Gasteiger partial charge in [0.1, 0.15) is 36.2 Å². The molecule has 1 aliphatic heterocycles. The monoisotopic (exact) mass is 334 g/mol.